The highest BCUT2D eigenvalue weighted by Gasteiger charge is 2.33. The quantitative estimate of drug-likeness (QED) is 0.858. The molecule has 25 heavy (non-hydrogen) atoms. The van der Waals surface area contributed by atoms with Gasteiger partial charge in [0, 0.05) is 25.9 Å². The van der Waals surface area contributed by atoms with Crippen molar-refractivity contribution in [2.24, 2.45) is 5.92 Å². The molecule has 2 aliphatic rings. The van der Waals surface area contributed by atoms with Gasteiger partial charge >= 0.3 is 0 Å². The Kier molecular flexibility index (Phi) is 5.68. The van der Waals surface area contributed by atoms with E-state index in [0.29, 0.717) is 37.8 Å². The summed E-state index contributed by atoms with van der Waals surface area (Å²) in [5.41, 5.74) is 1.52. The lowest BCUT2D eigenvalue weighted by atomic mass is 10.00. The number of nitrogens with one attached hydrogen (secondary N) is 1. The molecular formula is C19H25FN2O3. The summed E-state index contributed by atoms with van der Waals surface area (Å²) in [6.45, 7) is 4.04. The van der Waals surface area contributed by atoms with Crippen molar-refractivity contribution in [3.63, 3.8) is 0 Å². The maximum absolute atomic E-state index is 13.5. The Bertz CT molecular complexity index is 640. The zero-order valence-electron chi connectivity index (χ0n) is 14.6. The monoisotopic (exact) mass is 348 g/mol. The van der Waals surface area contributed by atoms with E-state index in [9.17, 15) is 14.0 Å². The summed E-state index contributed by atoms with van der Waals surface area (Å²) >= 11 is 0. The Morgan fingerprint density at radius 2 is 2.00 bits per heavy atom. The SMILES string of the molecule is Cc1cc([C@@H](NC(=O)CCC(=O)N2CCOCC2)C2CC2)ccc1F. The molecule has 0 unspecified atom stereocenters. The van der Waals surface area contributed by atoms with Gasteiger partial charge in [-0.25, -0.2) is 4.39 Å². The third-order valence-corrected chi connectivity index (χ3v) is 4.88. The first-order valence-electron chi connectivity index (χ1n) is 8.95. The molecule has 0 spiro atoms. The number of ether oxygens (including phenoxy) is 1. The number of hydrogen-bond acceptors (Lipinski definition) is 3. The lowest BCUT2D eigenvalue weighted by molar-refractivity contribution is -0.137. The van der Waals surface area contributed by atoms with Crippen molar-refractivity contribution in [3.05, 3.63) is 35.1 Å². The van der Waals surface area contributed by atoms with Crippen molar-refractivity contribution < 1.29 is 18.7 Å². The number of carbonyl (C=O) groups is 2. The van der Waals surface area contributed by atoms with Crippen LogP contribution in [0.5, 0.6) is 0 Å². The zero-order valence-corrected chi connectivity index (χ0v) is 14.6. The molecular weight excluding hydrogens is 323 g/mol. The molecule has 1 N–H and O–H groups in total. The van der Waals surface area contributed by atoms with E-state index in [4.69, 9.17) is 4.74 Å². The lowest BCUT2D eigenvalue weighted by Crippen LogP contribution is -2.41. The maximum Gasteiger partial charge on any atom is 0.223 e. The van der Waals surface area contributed by atoms with E-state index in [-0.39, 0.29) is 36.5 Å². The van der Waals surface area contributed by atoms with Crippen molar-refractivity contribution in [2.45, 2.75) is 38.6 Å². The zero-order chi connectivity index (χ0) is 17.8. The number of nitrogens with zero attached hydrogens (tertiary/aromatic N) is 1. The van der Waals surface area contributed by atoms with Crippen molar-refractivity contribution in [1.29, 1.82) is 0 Å². The number of aryl methyl sites for hydroxylation is 1. The minimum Gasteiger partial charge on any atom is -0.378 e. The number of rotatable bonds is 6. The molecule has 2 fully saturated rings. The fraction of sp³-hybridized carbons (Fsp3) is 0.579. The predicted octanol–water partition coefficient (Wildman–Crippen LogP) is 2.34. The lowest BCUT2D eigenvalue weighted by Gasteiger charge is -2.27. The van der Waals surface area contributed by atoms with Crippen LogP contribution < -0.4 is 5.32 Å². The largest absolute Gasteiger partial charge is 0.378 e. The van der Waals surface area contributed by atoms with E-state index in [2.05, 4.69) is 5.32 Å². The average Bonchev–Trinajstić information content (AvgIpc) is 3.46. The van der Waals surface area contributed by atoms with Gasteiger partial charge in [0.1, 0.15) is 5.82 Å². The molecule has 136 valence electrons. The van der Waals surface area contributed by atoms with Crippen LogP contribution >= 0.6 is 0 Å². The molecule has 1 aromatic rings. The van der Waals surface area contributed by atoms with E-state index in [1.54, 1.807) is 24.0 Å². The smallest absolute Gasteiger partial charge is 0.223 e. The highest BCUT2D eigenvalue weighted by atomic mass is 19.1. The number of benzene rings is 1. The number of morpholine rings is 1. The Balaban J connectivity index is 1.54. The van der Waals surface area contributed by atoms with Gasteiger partial charge < -0.3 is 15.0 Å². The van der Waals surface area contributed by atoms with E-state index in [0.717, 1.165) is 18.4 Å². The minimum atomic E-state index is -0.235. The fourth-order valence-corrected chi connectivity index (χ4v) is 3.20. The van der Waals surface area contributed by atoms with E-state index >= 15 is 0 Å². The molecule has 1 aliphatic heterocycles. The van der Waals surface area contributed by atoms with Gasteiger partial charge in [0.25, 0.3) is 0 Å². The Morgan fingerprint density at radius 1 is 1.28 bits per heavy atom. The second-order valence-corrected chi connectivity index (χ2v) is 6.88. The molecule has 1 aliphatic carbocycles. The Labute approximate surface area is 147 Å². The summed E-state index contributed by atoms with van der Waals surface area (Å²) < 4.78 is 18.7. The summed E-state index contributed by atoms with van der Waals surface area (Å²) in [6.07, 6.45) is 2.52. The van der Waals surface area contributed by atoms with Crippen molar-refractivity contribution in [1.82, 2.24) is 10.2 Å². The topological polar surface area (TPSA) is 58.6 Å². The molecule has 6 heteroatoms. The summed E-state index contributed by atoms with van der Waals surface area (Å²) in [4.78, 5) is 26.2. The van der Waals surface area contributed by atoms with E-state index < -0.39 is 0 Å². The number of hydrogen-bond donors (Lipinski definition) is 1. The summed E-state index contributed by atoms with van der Waals surface area (Å²) in [7, 11) is 0. The highest BCUT2D eigenvalue weighted by Crippen LogP contribution is 2.41. The van der Waals surface area contributed by atoms with E-state index in [1.165, 1.54) is 6.07 Å². The van der Waals surface area contributed by atoms with Crippen LogP contribution in [0, 0.1) is 18.7 Å². The van der Waals surface area contributed by atoms with Crippen LogP contribution in [0.1, 0.15) is 42.9 Å². The molecule has 1 atom stereocenters. The molecule has 2 amide bonds. The van der Waals surface area contributed by atoms with Crippen LogP contribution in [0.4, 0.5) is 4.39 Å². The highest BCUT2D eigenvalue weighted by molar-refractivity contribution is 5.84. The number of carbonyl (C=O) groups excluding carboxylic acids is 2. The summed E-state index contributed by atoms with van der Waals surface area (Å²) in [5.74, 6) is 0.0454. The first-order valence-corrected chi connectivity index (χ1v) is 8.95. The third kappa shape index (κ3) is 4.78. The van der Waals surface area contributed by atoms with Gasteiger partial charge in [-0.05, 0) is 42.9 Å². The van der Waals surface area contributed by atoms with Crippen LogP contribution in [0.25, 0.3) is 0 Å². The molecule has 0 radical (unpaired) electrons. The van der Waals surface area contributed by atoms with Gasteiger partial charge in [0.05, 0.1) is 19.3 Å². The second-order valence-electron chi connectivity index (χ2n) is 6.88. The maximum atomic E-state index is 13.5. The second kappa shape index (κ2) is 7.95. The van der Waals surface area contributed by atoms with Gasteiger partial charge in [-0.1, -0.05) is 12.1 Å². The van der Waals surface area contributed by atoms with Crippen LogP contribution in [-0.2, 0) is 14.3 Å². The van der Waals surface area contributed by atoms with Crippen molar-refractivity contribution in [3.8, 4) is 0 Å². The fourth-order valence-electron chi connectivity index (χ4n) is 3.20. The van der Waals surface area contributed by atoms with Crippen LogP contribution in [-0.4, -0.2) is 43.0 Å². The van der Waals surface area contributed by atoms with Gasteiger partial charge in [0.15, 0.2) is 0 Å². The molecule has 1 saturated carbocycles. The van der Waals surface area contributed by atoms with Crippen molar-refractivity contribution >= 4 is 11.8 Å². The van der Waals surface area contributed by atoms with Crippen LogP contribution in [0.15, 0.2) is 18.2 Å². The van der Waals surface area contributed by atoms with Gasteiger partial charge in [-0.2, -0.15) is 0 Å². The van der Waals surface area contributed by atoms with Crippen LogP contribution in [0.2, 0.25) is 0 Å². The molecule has 5 nitrogen and oxygen atoms in total. The standard InChI is InChI=1S/C19H25FN2O3/c1-13-12-15(4-5-16(13)20)19(14-2-3-14)21-17(23)6-7-18(24)22-8-10-25-11-9-22/h4-5,12,14,19H,2-3,6-11H2,1H3,(H,21,23)/t19-/m0/s1. The first kappa shape index (κ1) is 17.9. The molecule has 3 rings (SSSR count). The predicted molar refractivity (Wildman–Crippen MR) is 91.4 cm³/mol. The molecule has 0 bridgehead atoms. The van der Waals surface area contributed by atoms with Crippen LogP contribution in [0.3, 0.4) is 0 Å². The molecule has 1 aromatic carbocycles. The average molecular weight is 348 g/mol. The summed E-state index contributed by atoms with van der Waals surface area (Å²) in [6, 6.07) is 4.90. The third-order valence-electron chi connectivity index (χ3n) is 4.88. The van der Waals surface area contributed by atoms with Gasteiger partial charge in [-0.15, -0.1) is 0 Å². The Hall–Kier alpha value is -1.95. The summed E-state index contributed by atoms with van der Waals surface area (Å²) in [5, 5.41) is 3.04. The van der Waals surface area contributed by atoms with Gasteiger partial charge in [0.2, 0.25) is 11.8 Å². The Morgan fingerprint density at radius 3 is 2.64 bits per heavy atom. The minimum absolute atomic E-state index is 0.000881. The number of halogens is 1. The molecule has 1 heterocycles. The first-order chi connectivity index (χ1) is 12.0. The van der Waals surface area contributed by atoms with E-state index in [1.807, 2.05) is 0 Å². The molecule has 1 saturated heterocycles. The number of amides is 2. The molecule has 0 aromatic heterocycles. The normalized spacial score (nSPS) is 18.7. The van der Waals surface area contributed by atoms with Crippen molar-refractivity contribution in [2.75, 3.05) is 26.3 Å². The van der Waals surface area contributed by atoms with Gasteiger partial charge in [-0.3, -0.25) is 9.59 Å².